The summed E-state index contributed by atoms with van der Waals surface area (Å²) in [5.74, 6) is -3.18. The molecule has 1 saturated heterocycles. The fraction of sp³-hybridized carbons (Fsp3) is 0.429. The van der Waals surface area contributed by atoms with Crippen LogP contribution in [0.2, 0.25) is 0 Å². The number of aliphatic hydroxyl groups is 4. The molecule has 0 aromatic heterocycles. The molecule has 8 N–H and O–H groups in total. The molecule has 0 bridgehead atoms. The number of hydrogen-bond acceptors (Lipinski definition) is 10. The first-order chi connectivity index (χ1) is 20.1. The third kappa shape index (κ3) is 7.03. The minimum Gasteiger partial charge on any atom is -0.481 e. The SMILES string of the molecule is O=C(O)CC[C@H](NC(=O)OCC1c2ccccc2-c2ccccc21)C(=O)NCC(=O)N[C@@H]1O[C@H](CO)[C@H](O)[C@H](O)[C@H]1O. The highest BCUT2D eigenvalue weighted by atomic mass is 16.6. The first-order valence-corrected chi connectivity index (χ1v) is 13.3. The molecule has 1 aliphatic heterocycles. The van der Waals surface area contributed by atoms with Crippen LogP contribution in [0.1, 0.15) is 29.9 Å². The number of nitrogens with one attached hydrogen (secondary N) is 3. The van der Waals surface area contributed by atoms with E-state index in [2.05, 4.69) is 16.0 Å². The Morgan fingerprint density at radius 3 is 2.12 bits per heavy atom. The smallest absolute Gasteiger partial charge is 0.407 e. The summed E-state index contributed by atoms with van der Waals surface area (Å²) in [5, 5.41) is 55.0. The highest BCUT2D eigenvalue weighted by Gasteiger charge is 2.44. The Labute approximate surface area is 240 Å². The summed E-state index contributed by atoms with van der Waals surface area (Å²) in [7, 11) is 0. The summed E-state index contributed by atoms with van der Waals surface area (Å²) in [4.78, 5) is 49.0. The summed E-state index contributed by atoms with van der Waals surface area (Å²) in [6, 6.07) is 14.1. The van der Waals surface area contributed by atoms with Crippen LogP contribution in [0.4, 0.5) is 4.79 Å². The number of aliphatic carboxylic acids is 1. The molecular weight excluding hydrogens is 554 g/mol. The quantitative estimate of drug-likeness (QED) is 0.156. The number of carbonyl (C=O) groups is 4. The maximum Gasteiger partial charge on any atom is 0.407 e. The summed E-state index contributed by atoms with van der Waals surface area (Å²) in [5.41, 5.74) is 4.03. The van der Waals surface area contributed by atoms with Gasteiger partial charge in [-0.15, -0.1) is 0 Å². The van der Waals surface area contributed by atoms with Crippen molar-refractivity contribution in [1.29, 1.82) is 0 Å². The van der Waals surface area contributed by atoms with Gasteiger partial charge >= 0.3 is 12.1 Å². The zero-order chi connectivity index (χ0) is 30.4. The van der Waals surface area contributed by atoms with E-state index in [1.54, 1.807) is 0 Å². The standard InChI is InChI=1S/C28H33N3O11/c32-12-20-23(36)24(37)25(38)27(42-20)31-21(33)11-29-26(39)19(9-10-22(34)35)30-28(40)41-13-18-16-7-3-1-5-14(16)15-6-2-4-8-17(15)18/h1-8,18-20,23-25,27,32,36-38H,9-13H2,(H,29,39)(H,30,40)(H,31,33)(H,34,35)/t19-,20+,23-,24-,25+,27+/m0/s1. The van der Waals surface area contributed by atoms with Gasteiger partial charge in [-0.1, -0.05) is 48.5 Å². The third-order valence-corrected chi connectivity index (χ3v) is 7.22. The lowest BCUT2D eigenvalue weighted by molar-refractivity contribution is -0.235. The second-order valence-corrected chi connectivity index (χ2v) is 9.99. The number of hydrogen-bond donors (Lipinski definition) is 8. The zero-order valence-corrected chi connectivity index (χ0v) is 22.4. The van der Waals surface area contributed by atoms with Crippen molar-refractivity contribution in [2.75, 3.05) is 19.8 Å². The summed E-state index contributed by atoms with van der Waals surface area (Å²) < 4.78 is 10.6. The van der Waals surface area contributed by atoms with Gasteiger partial charge in [0.1, 0.15) is 37.1 Å². The molecule has 0 saturated carbocycles. The van der Waals surface area contributed by atoms with Crippen LogP contribution in [-0.2, 0) is 23.9 Å². The lowest BCUT2D eigenvalue weighted by Crippen LogP contribution is -2.63. The van der Waals surface area contributed by atoms with E-state index < -0.39 is 80.1 Å². The maximum absolute atomic E-state index is 12.8. The van der Waals surface area contributed by atoms with Crippen molar-refractivity contribution in [3.63, 3.8) is 0 Å². The molecule has 14 heteroatoms. The minimum atomic E-state index is -1.72. The zero-order valence-electron chi connectivity index (χ0n) is 22.4. The first-order valence-electron chi connectivity index (χ1n) is 13.3. The number of rotatable bonds is 11. The Balaban J connectivity index is 1.32. The molecule has 6 atom stereocenters. The number of alkyl carbamates (subject to hydrolysis) is 1. The molecule has 14 nitrogen and oxygen atoms in total. The van der Waals surface area contributed by atoms with Crippen molar-refractivity contribution < 1.29 is 54.2 Å². The van der Waals surface area contributed by atoms with Crippen molar-refractivity contribution >= 4 is 23.9 Å². The predicted molar refractivity (Wildman–Crippen MR) is 144 cm³/mol. The highest BCUT2D eigenvalue weighted by molar-refractivity contribution is 5.90. The Morgan fingerprint density at radius 1 is 0.905 bits per heavy atom. The number of benzene rings is 2. The Kier molecular flexibility index (Phi) is 10.1. The van der Waals surface area contributed by atoms with Gasteiger partial charge in [0.05, 0.1) is 13.2 Å². The maximum atomic E-state index is 12.8. The first kappa shape index (κ1) is 30.9. The molecule has 2 aliphatic rings. The minimum absolute atomic E-state index is 0.0331. The Bertz CT molecular complexity index is 1260. The van der Waals surface area contributed by atoms with Gasteiger partial charge in [-0.3, -0.25) is 14.4 Å². The highest BCUT2D eigenvalue weighted by Crippen LogP contribution is 2.44. The van der Waals surface area contributed by atoms with E-state index in [-0.39, 0.29) is 18.9 Å². The molecule has 3 amide bonds. The number of aliphatic hydroxyl groups excluding tert-OH is 4. The molecule has 0 radical (unpaired) electrons. The number of ether oxygens (including phenoxy) is 2. The second-order valence-electron chi connectivity index (χ2n) is 9.99. The van der Waals surface area contributed by atoms with Gasteiger partial charge in [0.25, 0.3) is 0 Å². The van der Waals surface area contributed by atoms with E-state index in [4.69, 9.17) is 14.6 Å². The average Bonchev–Trinajstić information content (AvgIpc) is 3.30. The van der Waals surface area contributed by atoms with Crippen LogP contribution in [0, 0.1) is 0 Å². The van der Waals surface area contributed by atoms with Gasteiger partial charge in [-0.05, 0) is 28.7 Å². The fourth-order valence-electron chi connectivity index (χ4n) is 5.04. The molecular formula is C28H33N3O11. The Hall–Kier alpha value is -4.08. The van der Waals surface area contributed by atoms with Crippen LogP contribution in [0.5, 0.6) is 0 Å². The topological polar surface area (TPSA) is 224 Å². The van der Waals surface area contributed by atoms with E-state index in [9.17, 15) is 39.6 Å². The van der Waals surface area contributed by atoms with Gasteiger partial charge in [-0.2, -0.15) is 0 Å². The van der Waals surface area contributed by atoms with Crippen molar-refractivity contribution in [2.45, 2.75) is 55.4 Å². The largest absolute Gasteiger partial charge is 0.481 e. The van der Waals surface area contributed by atoms with Crippen molar-refractivity contribution in [2.24, 2.45) is 0 Å². The molecule has 42 heavy (non-hydrogen) atoms. The van der Waals surface area contributed by atoms with E-state index in [1.807, 2.05) is 48.5 Å². The number of carbonyl (C=O) groups excluding carboxylic acids is 3. The summed E-state index contributed by atoms with van der Waals surface area (Å²) in [6.45, 7) is -1.39. The van der Waals surface area contributed by atoms with E-state index in [0.717, 1.165) is 22.3 Å². The van der Waals surface area contributed by atoms with Crippen LogP contribution in [0.25, 0.3) is 11.1 Å². The lowest BCUT2D eigenvalue weighted by atomic mass is 9.98. The fourth-order valence-corrected chi connectivity index (χ4v) is 5.04. The number of carboxylic acids is 1. The predicted octanol–water partition coefficient (Wildman–Crippen LogP) is -1.21. The molecule has 0 unspecified atom stereocenters. The Morgan fingerprint density at radius 2 is 1.52 bits per heavy atom. The lowest BCUT2D eigenvalue weighted by Gasteiger charge is -2.40. The molecule has 2 aromatic carbocycles. The van der Waals surface area contributed by atoms with Gasteiger partial charge < -0.3 is 51.0 Å². The van der Waals surface area contributed by atoms with Crippen LogP contribution in [0.15, 0.2) is 48.5 Å². The molecule has 1 heterocycles. The second kappa shape index (κ2) is 13.7. The van der Waals surface area contributed by atoms with E-state index in [0.29, 0.717) is 0 Å². The van der Waals surface area contributed by atoms with Crippen molar-refractivity contribution in [3.8, 4) is 11.1 Å². The van der Waals surface area contributed by atoms with Crippen molar-refractivity contribution in [1.82, 2.24) is 16.0 Å². The van der Waals surface area contributed by atoms with Crippen molar-refractivity contribution in [3.05, 3.63) is 59.7 Å². The van der Waals surface area contributed by atoms with Crippen LogP contribution in [0.3, 0.4) is 0 Å². The van der Waals surface area contributed by atoms with Gasteiger partial charge in [-0.25, -0.2) is 4.79 Å². The molecule has 2 aromatic rings. The third-order valence-electron chi connectivity index (χ3n) is 7.22. The van der Waals surface area contributed by atoms with Gasteiger partial charge in [0.2, 0.25) is 11.8 Å². The summed E-state index contributed by atoms with van der Waals surface area (Å²) >= 11 is 0. The molecule has 0 spiro atoms. The van der Waals surface area contributed by atoms with Crippen LogP contribution < -0.4 is 16.0 Å². The molecule has 4 rings (SSSR count). The number of fused-ring (bicyclic) bond motifs is 3. The van der Waals surface area contributed by atoms with Gasteiger partial charge in [0.15, 0.2) is 6.23 Å². The molecule has 226 valence electrons. The van der Waals surface area contributed by atoms with E-state index >= 15 is 0 Å². The van der Waals surface area contributed by atoms with E-state index in [1.165, 1.54) is 0 Å². The number of amides is 3. The molecule has 1 aliphatic carbocycles. The van der Waals surface area contributed by atoms with Gasteiger partial charge in [0, 0.05) is 12.3 Å². The number of carboxylic acid groups (broad SMARTS) is 1. The van der Waals surface area contributed by atoms with Crippen LogP contribution >= 0.6 is 0 Å². The van der Waals surface area contributed by atoms with Crippen LogP contribution in [-0.4, -0.2) is 106 Å². The average molecular weight is 588 g/mol. The monoisotopic (exact) mass is 587 g/mol. The summed E-state index contributed by atoms with van der Waals surface area (Å²) in [6.07, 6.45) is -9.49. The molecule has 1 fully saturated rings. The normalized spacial score (nSPS) is 23.7.